The van der Waals surface area contributed by atoms with E-state index in [0.717, 1.165) is 44.2 Å². The highest BCUT2D eigenvalue weighted by Crippen LogP contribution is 2.41. The Hall–Kier alpha value is -2.32. The zero-order valence-corrected chi connectivity index (χ0v) is 16.5. The van der Waals surface area contributed by atoms with E-state index in [1.807, 2.05) is 0 Å². The van der Waals surface area contributed by atoms with Gasteiger partial charge in [-0.25, -0.2) is 13.2 Å². The van der Waals surface area contributed by atoms with Gasteiger partial charge in [0.15, 0.2) is 0 Å². The fourth-order valence-corrected chi connectivity index (χ4v) is 4.01. The summed E-state index contributed by atoms with van der Waals surface area (Å²) in [5.41, 5.74) is -2.84. The van der Waals surface area contributed by atoms with Crippen molar-refractivity contribution >= 4 is 0 Å². The Balaban J connectivity index is 1.81. The molecule has 0 radical (unpaired) electrons. The van der Waals surface area contributed by atoms with Gasteiger partial charge in [-0.15, -0.1) is 0 Å². The average Bonchev–Trinajstić information content (AvgIpc) is 2.65. The lowest BCUT2D eigenvalue weighted by Gasteiger charge is -2.28. The maximum atomic E-state index is 14.5. The Kier molecular flexibility index (Phi) is 6.53. The van der Waals surface area contributed by atoms with E-state index in [9.17, 15) is 35.1 Å². The van der Waals surface area contributed by atoms with Crippen LogP contribution in [0.2, 0.25) is 0 Å². The summed E-state index contributed by atoms with van der Waals surface area (Å²) in [6, 6.07) is 3.13. The second-order valence-corrected chi connectivity index (χ2v) is 7.74. The lowest BCUT2D eigenvalue weighted by molar-refractivity contribution is -0.187. The third kappa shape index (κ3) is 5.13. The van der Waals surface area contributed by atoms with Crippen LogP contribution in [0.1, 0.15) is 61.6 Å². The summed E-state index contributed by atoms with van der Waals surface area (Å²) in [4.78, 5) is 0. The number of alkyl halides is 5. The van der Waals surface area contributed by atoms with E-state index in [-0.39, 0.29) is 18.1 Å². The van der Waals surface area contributed by atoms with Gasteiger partial charge in [-0.1, -0.05) is 19.4 Å². The van der Waals surface area contributed by atoms with Gasteiger partial charge in [0.05, 0.1) is 5.56 Å². The molecule has 0 unspecified atom stereocenters. The first kappa shape index (κ1) is 23.3. The van der Waals surface area contributed by atoms with Crippen molar-refractivity contribution in [2.75, 3.05) is 0 Å². The lowest BCUT2D eigenvalue weighted by atomic mass is 9.78. The van der Waals surface area contributed by atoms with Crippen LogP contribution in [0.15, 0.2) is 30.3 Å². The molecule has 0 spiro atoms. The molecule has 1 aliphatic rings. The normalized spacial score (nSPS) is 20.0. The van der Waals surface area contributed by atoms with Gasteiger partial charge in [-0.05, 0) is 55.2 Å². The molecule has 0 amide bonds. The summed E-state index contributed by atoms with van der Waals surface area (Å²) in [7, 11) is 0. The SMILES string of the molecule is CCC1CCC(c2ccc(C(F)(F)Oc3cc(F)c(C(F)(F)F)c(F)c3)c(F)c2)CC1. The van der Waals surface area contributed by atoms with E-state index < -0.39 is 46.6 Å². The Morgan fingerprint density at radius 1 is 0.839 bits per heavy atom. The molecule has 1 nitrogen and oxygen atoms in total. The maximum Gasteiger partial charge on any atom is 0.429 e. The van der Waals surface area contributed by atoms with Gasteiger partial charge in [0.2, 0.25) is 0 Å². The van der Waals surface area contributed by atoms with Crippen molar-refractivity contribution in [1.29, 1.82) is 0 Å². The highest BCUT2D eigenvalue weighted by Gasteiger charge is 2.41. The molecule has 0 bridgehead atoms. The molecule has 2 aromatic rings. The Morgan fingerprint density at radius 3 is 1.90 bits per heavy atom. The van der Waals surface area contributed by atoms with Gasteiger partial charge in [-0.2, -0.15) is 22.0 Å². The van der Waals surface area contributed by atoms with E-state index in [4.69, 9.17) is 0 Å². The van der Waals surface area contributed by atoms with Crippen molar-refractivity contribution < 1.29 is 39.9 Å². The Bertz CT molecular complexity index is 907. The number of halogens is 8. The van der Waals surface area contributed by atoms with Crippen molar-refractivity contribution in [3.63, 3.8) is 0 Å². The van der Waals surface area contributed by atoms with E-state index in [1.54, 1.807) is 0 Å². The summed E-state index contributed by atoms with van der Waals surface area (Å²) in [5.74, 6) is -6.06. The van der Waals surface area contributed by atoms with Crippen LogP contribution in [0.5, 0.6) is 5.75 Å². The first-order valence-corrected chi connectivity index (χ1v) is 9.85. The van der Waals surface area contributed by atoms with Gasteiger partial charge in [0.25, 0.3) is 0 Å². The molecule has 9 heteroatoms. The second kappa shape index (κ2) is 8.67. The Morgan fingerprint density at radius 2 is 1.42 bits per heavy atom. The van der Waals surface area contributed by atoms with Crippen molar-refractivity contribution in [2.45, 2.75) is 57.2 Å². The minimum absolute atomic E-state index is 0.0156. The van der Waals surface area contributed by atoms with E-state index in [0.29, 0.717) is 11.5 Å². The maximum absolute atomic E-state index is 14.5. The predicted octanol–water partition coefficient (Wildman–Crippen LogP) is 7.93. The number of benzene rings is 2. The summed E-state index contributed by atoms with van der Waals surface area (Å²) >= 11 is 0. The molecule has 3 rings (SSSR count). The van der Waals surface area contributed by atoms with Crippen molar-refractivity contribution in [2.24, 2.45) is 5.92 Å². The molecule has 0 atom stereocenters. The Labute approximate surface area is 174 Å². The summed E-state index contributed by atoms with van der Waals surface area (Å²) in [6.45, 7) is 2.09. The molecule has 2 aromatic carbocycles. The van der Waals surface area contributed by atoms with Crippen LogP contribution in [0.25, 0.3) is 0 Å². The fraction of sp³-hybridized carbons (Fsp3) is 0.455. The monoisotopic (exact) mass is 452 g/mol. The molecule has 1 fully saturated rings. The molecule has 0 aliphatic heterocycles. The van der Waals surface area contributed by atoms with E-state index >= 15 is 0 Å². The van der Waals surface area contributed by atoms with Gasteiger partial charge < -0.3 is 4.74 Å². The van der Waals surface area contributed by atoms with Crippen molar-refractivity contribution in [3.8, 4) is 5.75 Å². The molecule has 170 valence electrons. The van der Waals surface area contributed by atoms with Gasteiger partial charge in [0.1, 0.15) is 28.8 Å². The molecule has 0 saturated heterocycles. The zero-order chi connectivity index (χ0) is 23.0. The minimum atomic E-state index is -5.35. The summed E-state index contributed by atoms with van der Waals surface area (Å²) in [6.07, 6.45) is -5.10. The average molecular weight is 452 g/mol. The second-order valence-electron chi connectivity index (χ2n) is 7.74. The number of ether oxygens (including phenoxy) is 1. The molecule has 0 heterocycles. The van der Waals surface area contributed by atoms with Gasteiger partial charge >= 0.3 is 12.3 Å². The first-order chi connectivity index (χ1) is 14.4. The molecular formula is C22H20F8O. The molecule has 0 N–H and O–H groups in total. The van der Waals surface area contributed by atoms with Crippen LogP contribution in [-0.2, 0) is 12.3 Å². The van der Waals surface area contributed by atoms with Crippen molar-refractivity contribution in [3.05, 3.63) is 64.5 Å². The smallest absolute Gasteiger partial charge is 0.429 e. The molecule has 31 heavy (non-hydrogen) atoms. The van der Waals surface area contributed by atoms with Gasteiger partial charge in [0, 0.05) is 12.1 Å². The number of rotatable bonds is 5. The van der Waals surface area contributed by atoms with Crippen molar-refractivity contribution in [1.82, 2.24) is 0 Å². The predicted molar refractivity (Wildman–Crippen MR) is 97.3 cm³/mol. The summed E-state index contributed by atoms with van der Waals surface area (Å²) in [5, 5.41) is 0. The molecule has 1 saturated carbocycles. The third-order valence-corrected chi connectivity index (χ3v) is 5.75. The van der Waals surface area contributed by atoms with E-state index in [2.05, 4.69) is 11.7 Å². The topological polar surface area (TPSA) is 9.23 Å². The standard InChI is InChI=1S/C22H20F8O/c1-2-12-3-5-13(6-4-12)14-7-8-16(17(23)9-14)22(29,30)31-15-10-18(24)20(19(25)11-15)21(26,27)28/h7-13H,2-6H2,1H3. The third-order valence-electron chi connectivity index (χ3n) is 5.75. The first-order valence-electron chi connectivity index (χ1n) is 9.85. The van der Waals surface area contributed by atoms with Crippen LogP contribution in [0.4, 0.5) is 35.1 Å². The summed E-state index contributed by atoms with van der Waals surface area (Å²) < 4.78 is 113. The van der Waals surface area contributed by atoms with Crippen LogP contribution in [-0.4, -0.2) is 0 Å². The highest BCUT2D eigenvalue weighted by atomic mass is 19.4. The zero-order valence-electron chi connectivity index (χ0n) is 16.5. The quantitative estimate of drug-likeness (QED) is 0.419. The highest BCUT2D eigenvalue weighted by molar-refractivity contribution is 5.34. The molecular weight excluding hydrogens is 432 g/mol. The molecule has 0 aromatic heterocycles. The van der Waals surface area contributed by atoms with E-state index in [1.165, 1.54) is 6.07 Å². The molecule has 1 aliphatic carbocycles. The minimum Gasteiger partial charge on any atom is -0.429 e. The number of hydrogen-bond acceptors (Lipinski definition) is 1. The number of hydrogen-bond donors (Lipinski definition) is 0. The lowest BCUT2D eigenvalue weighted by Crippen LogP contribution is -2.24. The van der Waals surface area contributed by atoms with Crippen LogP contribution in [0.3, 0.4) is 0 Å². The van der Waals surface area contributed by atoms with Crippen LogP contribution < -0.4 is 4.74 Å². The van der Waals surface area contributed by atoms with Crippen LogP contribution >= 0.6 is 0 Å². The fourth-order valence-electron chi connectivity index (χ4n) is 4.01. The largest absolute Gasteiger partial charge is 0.429 e. The van der Waals surface area contributed by atoms with Crippen LogP contribution in [0, 0.1) is 23.4 Å². The van der Waals surface area contributed by atoms with Gasteiger partial charge in [-0.3, -0.25) is 0 Å².